The van der Waals surface area contributed by atoms with Crippen molar-refractivity contribution >= 4 is 25.7 Å². The molecule has 0 heterocycles. The number of hydrogen-bond donors (Lipinski definition) is 2. The molecule has 0 rings (SSSR count). The van der Waals surface area contributed by atoms with Gasteiger partial charge in [0, 0.05) is 12.8 Å². The van der Waals surface area contributed by atoms with Crippen molar-refractivity contribution in [1.82, 2.24) is 0 Å². The molecule has 0 aromatic heterocycles. The fourth-order valence-electron chi connectivity index (χ4n) is 5.70. The second kappa shape index (κ2) is 39.5. The molecular formula is C40H75NNaO10P. The first-order valence-corrected chi connectivity index (χ1v) is 22.2. The topological polar surface area (TPSA) is 175 Å². The zero-order valence-corrected chi connectivity index (χ0v) is 36.8. The quantitative estimate of drug-likeness (QED) is 0.0219. The Hall–Kier alpha value is -0.780. The molecule has 0 amide bonds. The summed E-state index contributed by atoms with van der Waals surface area (Å²) >= 11 is 0. The van der Waals surface area contributed by atoms with Crippen molar-refractivity contribution in [3.63, 3.8) is 0 Å². The number of hydrogen-bond acceptors (Lipinski definition) is 10. The summed E-state index contributed by atoms with van der Waals surface area (Å²) < 4.78 is 32.2. The number of aliphatic carboxylic acids is 1. The van der Waals surface area contributed by atoms with Gasteiger partial charge in [-0.3, -0.25) is 18.9 Å². The maximum Gasteiger partial charge on any atom is 1.00 e. The Labute approximate surface area is 344 Å². The van der Waals surface area contributed by atoms with E-state index in [1.807, 2.05) is 0 Å². The summed E-state index contributed by atoms with van der Waals surface area (Å²) in [6.07, 6.45) is 34.0. The Morgan fingerprint density at radius 2 is 0.981 bits per heavy atom. The van der Waals surface area contributed by atoms with Gasteiger partial charge in [0.2, 0.25) is 0 Å². The van der Waals surface area contributed by atoms with Crippen LogP contribution in [0.25, 0.3) is 0 Å². The van der Waals surface area contributed by atoms with Crippen LogP contribution in [0.15, 0.2) is 12.2 Å². The Balaban J connectivity index is 0. The molecule has 53 heavy (non-hydrogen) atoms. The van der Waals surface area contributed by atoms with Crippen LogP contribution in [0.1, 0.15) is 194 Å². The third kappa shape index (κ3) is 39.3. The van der Waals surface area contributed by atoms with E-state index in [-0.39, 0.29) is 49.0 Å². The fourth-order valence-corrected chi connectivity index (χ4v) is 6.47. The molecule has 0 aliphatic heterocycles. The van der Waals surface area contributed by atoms with Crippen LogP contribution in [0.2, 0.25) is 0 Å². The number of carbonyl (C=O) groups is 3. The number of esters is 2. The molecule has 0 aromatic rings. The number of allylic oxidation sites excluding steroid dienone is 2. The van der Waals surface area contributed by atoms with Crippen molar-refractivity contribution in [2.24, 2.45) is 5.73 Å². The molecule has 3 N–H and O–H groups in total. The Morgan fingerprint density at radius 1 is 0.604 bits per heavy atom. The Morgan fingerprint density at radius 3 is 1.42 bits per heavy atom. The molecular weight excluding hydrogens is 708 g/mol. The predicted molar refractivity (Wildman–Crippen MR) is 206 cm³/mol. The summed E-state index contributed by atoms with van der Waals surface area (Å²) in [5, 5.41) is 8.85. The smallest absolute Gasteiger partial charge is 0.756 e. The number of carboxylic acids is 1. The molecule has 1 unspecified atom stereocenters. The van der Waals surface area contributed by atoms with Crippen LogP contribution in [-0.4, -0.2) is 55.0 Å². The number of phosphoric acid groups is 1. The number of unbranched alkanes of at least 4 members (excludes halogenated alkanes) is 23. The van der Waals surface area contributed by atoms with E-state index in [0.29, 0.717) is 12.8 Å². The van der Waals surface area contributed by atoms with Gasteiger partial charge in [-0.15, -0.1) is 0 Å². The SMILES string of the molecule is CCCCCCCC/C=C\CCCCCCCC(=O)OC[C@H](COP(=O)([O-])OC[C@H](N)C(=O)O)OC(=O)CCCCCCCCCCCCCCC.[Na+]. The third-order valence-corrected chi connectivity index (χ3v) is 9.93. The molecule has 0 aliphatic rings. The number of ether oxygens (including phenoxy) is 2. The van der Waals surface area contributed by atoms with Crippen LogP contribution in [0.4, 0.5) is 0 Å². The largest absolute Gasteiger partial charge is 1.00 e. The summed E-state index contributed by atoms with van der Waals surface area (Å²) in [6, 6.07) is -1.56. The van der Waals surface area contributed by atoms with E-state index in [4.69, 9.17) is 24.8 Å². The van der Waals surface area contributed by atoms with Gasteiger partial charge in [-0.25, -0.2) is 0 Å². The van der Waals surface area contributed by atoms with Gasteiger partial charge in [-0.05, 0) is 38.5 Å². The molecule has 306 valence electrons. The average molecular weight is 784 g/mol. The summed E-state index contributed by atoms with van der Waals surface area (Å²) in [6.45, 7) is 2.63. The van der Waals surface area contributed by atoms with Crippen LogP contribution in [-0.2, 0) is 37.5 Å². The average Bonchev–Trinajstić information content (AvgIpc) is 3.12. The molecule has 3 atom stereocenters. The van der Waals surface area contributed by atoms with Gasteiger partial charge < -0.3 is 34.3 Å². The van der Waals surface area contributed by atoms with E-state index in [1.54, 1.807) is 0 Å². The minimum Gasteiger partial charge on any atom is -0.756 e. The number of carboxylic acid groups (broad SMARTS) is 1. The van der Waals surface area contributed by atoms with Crippen LogP contribution in [0, 0.1) is 0 Å². The maximum absolute atomic E-state index is 12.6. The number of carbonyl (C=O) groups excluding carboxylic acids is 2. The van der Waals surface area contributed by atoms with Crippen LogP contribution in [0.5, 0.6) is 0 Å². The zero-order chi connectivity index (χ0) is 38.5. The maximum atomic E-state index is 12.6. The Bertz CT molecular complexity index is 954. The molecule has 0 radical (unpaired) electrons. The van der Waals surface area contributed by atoms with E-state index in [0.717, 1.165) is 57.8 Å². The van der Waals surface area contributed by atoms with E-state index in [9.17, 15) is 23.8 Å². The number of rotatable bonds is 39. The third-order valence-electron chi connectivity index (χ3n) is 9.00. The molecule has 0 saturated carbocycles. The molecule has 0 fully saturated rings. The van der Waals surface area contributed by atoms with Crippen molar-refractivity contribution in [2.75, 3.05) is 19.8 Å². The van der Waals surface area contributed by atoms with Crippen molar-refractivity contribution in [2.45, 2.75) is 206 Å². The van der Waals surface area contributed by atoms with Gasteiger partial charge in [-0.1, -0.05) is 154 Å². The summed E-state index contributed by atoms with van der Waals surface area (Å²) in [7, 11) is -4.96. The minimum absolute atomic E-state index is 0. The first-order valence-electron chi connectivity index (χ1n) is 20.7. The standard InChI is InChI=1S/C40H76NO10P.Na/c1-3-5-7-9-11-13-15-17-18-20-21-23-25-27-29-31-38(42)48-33-36(34-49-52(46,47)50-35-37(41)40(44)45)51-39(43)32-30-28-26-24-22-19-16-14-12-10-8-6-4-2;/h17-18,36-37H,3-16,19-35,41H2,1-2H3,(H,44,45)(H,46,47);/q;+1/p-1/b18-17-;/t36-,37+;/m1./s1. The molecule has 11 nitrogen and oxygen atoms in total. The van der Waals surface area contributed by atoms with Gasteiger partial charge in [0.1, 0.15) is 12.6 Å². The first kappa shape index (κ1) is 54.3. The predicted octanol–water partition coefficient (Wildman–Crippen LogP) is 6.88. The van der Waals surface area contributed by atoms with Crippen LogP contribution >= 0.6 is 7.82 Å². The normalized spacial score (nSPS) is 13.7. The monoisotopic (exact) mass is 784 g/mol. The van der Waals surface area contributed by atoms with E-state index in [2.05, 4.69) is 30.5 Å². The van der Waals surface area contributed by atoms with Crippen LogP contribution < -0.4 is 40.2 Å². The summed E-state index contributed by atoms with van der Waals surface area (Å²) in [5.74, 6) is -2.44. The second-order valence-electron chi connectivity index (χ2n) is 14.1. The van der Waals surface area contributed by atoms with Crippen molar-refractivity contribution < 1.29 is 77.0 Å². The van der Waals surface area contributed by atoms with Gasteiger partial charge in [0.25, 0.3) is 7.82 Å². The first-order chi connectivity index (χ1) is 25.1. The molecule has 0 saturated heterocycles. The zero-order valence-electron chi connectivity index (χ0n) is 33.9. The second-order valence-corrected chi connectivity index (χ2v) is 15.5. The Kier molecular flexibility index (Phi) is 40.4. The van der Waals surface area contributed by atoms with Gasteiger partial charge in [0.15, 0.2) is 6.10 Å². The number of nitrogens with two attached hydrogens (primary N) is 1. The van der Waals surface area contributed by atoms with E-state index < -0.39 is 51.1 Å². The van der Waals surface area contributed by atoms with E-state index >= 15 is 0 Å². The van der Waals surface area contributed by atoms with Gasteiger partial charge >= 0.3 is 47.5 Å². The summed E-state index contributed by atoms with van der Waals surface area (Å²) in [5.41, 5.74) is 5.29. The summed E-state index contributed by atoms with van der Waals surface area (Å²) in [4.78, 5) is 48.0. The molecule has 0 spiro atoms. The fraction of sp³-hybridized carbons (Fsp3) is 0.875. The van der Waals surface area contributed by atoms with Crippen molar-refractivity contribution in [3.05, 3.63) is 12.2 Å². The minimum atomic E-state index is -4.96. The molecule has 0 aromatic carbocycles. The van der Waals surface area contributed by atoms with Crippen molar-refractivity contribution in [1.29, 1.82) is 0 Å². The molecule has 13 heteroatoms. The molecule has 0 bridgehead atoms. The molecule has 0 aliphatic carbocycles. The van der Waals surface area contributed by atoms with Gasteiger partial charge in [0.05, 0.1) is 13.2 Å². The number of phosphoric ester groups is 1. The van der Waals surface area contributed by atoms with Crippen molar-refractivity contribution in [3.8, 4) is 0 Å². The van der Waals surface area contributed by atoms with E-state index in [1.165, 1.54) is 96.3 Å². The van der Waals surface area contributed by atoms with Gasteiger partial charge in [-0.2, -0.15) is 0 Å². The van der Waals surface area contributed by atoms with Crippen LogP contribution in [0.3, 0.4) is 0 Å².